The van der Waals surface area contributed by atoms with Crippen molar-refractivity contribution in [1.29, 1.82) is 0 Å². The van der Waals surface area contributed by atoms with Gasteiger partial charge in [0.1, 0.15) is 5.75 Å². The highest BCUT2D eigenvalue weighted by molar-refractivity contribution is 5.27. The number of hydrogen-bond acceptors (Lipinski definition) is 3. The first-order valence-electron chi connectivity index (χ1n) is 5.21. The first-order chi connectivity index (χ1) is 7.22. The Kier molecular flexibility index (Phi) is 2.93. The first-order valence-corrected chi connectivity index (χ1v) is 5.21. The van der Waals surface area contributed by atoms with Gasteiger partial charge in [-0.15, -0.1) is 0 Å². The van der Waals surface area contributed by atoms with Gasteiger partial charge < -0.3 is 15.2 Å². The SMILES string of the molecule is CC1(COc2ccc(CN)cc2)COC1. The van der Waals surface area contributed by atoms with Crippen molar-refractivity contribution in [2.24, 2.45) is 11.1 Å². The number of ether oxygens (including phenoxy) is 2. The normalized spacial score (nSPS) is 18.3. The summed E-state index contributed by atoms with van der Waals surface area (Å²) in [6.45, 7) is 5.06. The summed E-state index contributed by atoms with van der Waals surface area (Å²) in [6, 6.07) is 7.92. The summed E-state index contributed by atoms with van der Waals surface area (Å²) in [4.78, 5) is 0. The average molecular weight is 207 g/mol. The molecule has 2 N–H and O–H groups in total. The molecule has 2 rings (SSSR count). The number of nitrogens with two attached hydrogens (primary N) is 1. The molecule has 3 nitrogen and oxygen atoms in total. The van der Waals surface area contributed by atoms with Crippen molar-refractivity contribution in [3.8, 4) is 5.75 Å². The highest BCUT2D eigenvalue weighted by atomic mass is 16.5. The van der Waals surface area contributed by atoms with Crippen molar-refractivity contribution >= 4 is 0 Å². The van der Waals surface area contributed by atoms with Crippen molar-refractivity contribution in [3.63, 3.8) is 0 Å². The van der Waals surface area contributed by atoms with Gasteiger partial charge in [0, 0.05) is 12.0 Å². The fourth-order valence-electron chi connectivity index (χ4n) is 1.51. The Morgan fingerprint density at radius 3 is 2.47 bits per heavy atom. The van der Waals surface area contributed by atoms with Crippen LogP contribution < -0.4 is 10.5 Å². The third-order valence-corrected chi connectivity index (χ3v) is 2.65. The van der Waals surface area contributed by atoms with E-state index >= 15 is 0 Å². The average Bonchev–Trinajstić information content (AvgIpc) is 2.24. The number of hydrogen-bond donors (Lipinski definition) is 1. The highest BCUT2D eigenvalue weighted by Crippen LogP contribution is 2.27. The molecule has 1 aliphatic heterocycles. The molecule has 0 bridgehead atoms. The van der Waals surface area contributed by atoms with Crippen LogP contribution in [0.15, 0.2) is 24.3 Å². The zero-order valence-electron chi connectivity index (χ0n) is 9.03. The van der Waals surface area contributed by atoms with E-state index in [9.17, 15) is 0 Å². The zero-order chi connectivity index (χ0) is 10.7. The van der Waals surface area contributed by atoms with E-state index in [1.54, 1.807) is 0 Å². The van der Waals surface area contributed by atoms with E-state index in [0.29, 0.717) is 6.54 Å². The van der Waals surface area contributed by atoms with Crippen LogP contribution in [0, 0.1) is 5.41 Å². The quantitative estimate of drug-likeness (QED) is 0.815. The largest absolute Gasteiger partial charge is 0.493 e. The minimum Gasteiger partial charge on any atom is -0.493 e. The van der Waals surface area contributed by atoms with Gasteiger partial charge >= 0.3 is 0 Å². The number of benzene rings is 1. The Morgan fingerprint density at radius 2 is 2.00 bits per heavy atom. The molecule has 1 heterocycles. The second-order valence-electron chi connectivity index (χ2n) is 4.44. The second kappa shape index (κ2) is 4.21. The molecule has 0 aliphatic carbocycles. The maximum absolute atomic E-state index is 5.69. The lowest BCUT2D eigenvalue weighted by Crippen LogP contribution is -2.44. The van der Waals surface area contributed by atoms with Gasteiger partial charge in [-0.3, -0.25) is 0 Å². The van der Waals surface area contributed by atoms with Crippen molar-refractivity contribution in [1.82, 2.24) is 0 Å². The molecular weight excluding hydrogens is 190 g/mol. The van der Waals surface area contributed by atoms with Crippen LogP contribution in [-0.2, 0) is 11.3 Å². The van der Waals surface area contributed by atoms with E-state index in [0.717, 1.165) is 31.1 Å². The third kappa shape index (κ3) is 2.49. The lowest BCUT2D eigenvalue weighted by Gasteiger charge is -2.37. The standard InChI is InChI=1S/C12H17NO2/c1-12(7-14-8-12)9-15-11-4-2-10(6-13)3-5-11/h2-5H,6-9,13H2,1H3. The minimum absolute atomic E-state index is 0.201. The van der Waals surface area contributed by atoms with E-state index in [-0.39, 0.29) is 5.41 Å². The predicted octanol–water partition coefficient (Wildman–Crippen LogP) is 1.56. The Morgan fingerprint density at radius 1 is 1.33 bits per heavy atom. The molecule has 0 radical (unpaired) electrons. The second-order valence-corrected chi connectivity index (χ2v) is 4.44. The number of rotatable bonds is 4. The molecular formula is C12H17NO2. The van der Waals surface area contributed by atoms with Crippen LogP contribution in [0.2, 0.25) is 0 Å². The van der Waals surface area contributed by atoms with Gasteiger partial charge in [0.15, 0.2) is 0 Å². The minimum atomic E-state index is 0.201. The van der Waals surface area contributed by atoms with Gasteiger partial charge in [-0.1, -0.05) is 19.1 Å². The van der Waals surface area contributed by atoms with Crippen LogP contribution in [-0.4, -0.2) is 19.8 Å². The van der Waals surface area contributed by atoms with Crippen LogP contribution in [0.3, 0.4) is 0 Å². The Bertz CT molecular complexity index is 317. The lowest BCUT2D eigenvalue weighted by molar-refractivity contribution is -0.120. The van der Waals surface area contributed by atoms with Crippen LogP contribution in [0.25, 0.3) is 0 Å². The monoisotopic (exact) mass is 207 g/mol. The molecule has 0 spiro atoms. The van der Waals surface area contributed by atoms with Crippen molar-refractivity contribution < 1.29 is 9.47 Å². The molecule has 0 unspecified atom stereocenters. The summed E-state index contributed by atoms with van der Waals surface area (Å²) in [6.07, 6.45) is 0. The zero-order valence-corrected chi connectivity index (χ0v) is 9.03. The molecule has 1 aromatic rings. The van der Waals surface area contributed by atoms with Crippen LogP contribution in [0.4, 0.5) is 0 Å². The predicted molar refractivity (Wildman–Crippen MR) is 58.8 cm³/mol. The molecule has 0 atom stereocenters. The Balaban J connectivity index is 1.87. The van der Waals surface area contributed by atoms with Crippen LogP contribution in [0.1, 0.15) is 12.5 Å². The molecule has 0 saturated carbocycles. The lowest BCUT2D eigenvalue weighted by atomic mass is 9.90. The van der Waals surface area contributed by atoms with E-state index in [4.69, 9.17) is 15.2 Å². The Labute approximate surface area is 90.2 Å². The van der Waals surface area contributed by atoms with E-state index in [1.807, 2.05) is 24.3 Å². The van der Waals surface area contributed by atoms with Gasteiger partial charge in [0.2, 0.25) is 0 Å². The summed E-state index contributed by atoms with van der Waals surface area (Å²) in [5.74, 6) is 0.903. The topological polar surface area (TPSA) is 44.5 Å². The maximum atomic E-state index is 5.69. The van der Waals surface area contributed by atoms with Gasteiger partial charge in [-0.25, -0.2) is 0 Å². The summed E-state index contributed by atoms with van der Waals surface area (Å²) in [7, 11) is 0. The van der Waals surface area contributed by atoms with E-state index in [2.05, 4.69) is 6.92 Å². The molecule has 1 saturated heterocycles. The van der Waals surface area contributed by atoms with Crippen molar-refractivity contribution in [2.75, 3.05) is 19.8 Å². The van der Waals surface area contributed by atoms with Crippen molar-refractivity contribution in [2.45, 2.75) is 13.5 Å². The van der Waals surface area contributed by atoms with Crippen LogP contribution in [0.5, 0.6) is 5.75 Å². The summed E-state index contributed by atoms with van der Waals surface area (Å²) in [5.41, 5.74) is 6.84. The van der Waals surface area contributed by atoms with Gasteiger partial charge in [-0.05, 0) is 17.7 Å². The summed E-state index contributed by atoms with van der Waals surface area (Å²) in [5, 5.41) is 0. The van der Waals surface area contributed by atoms with Gasteiger partial charge in [-0.2, -0.15) is 0 Å². The smallest absolute Gasteiger partial charge is 0.119 e. The third-order valence-electron chi connectivity index (χ3n) is 2.65. The molecule has 1 aromatic carbocycles. The van der Waals surface area contributed by atoms with Gasteiger partial charge in [0.25, 0.3) is 0 Å². The summed E-state index contributed by atoms with van der Waals surface area (Å²) >= 11 is 0. The molecule has 1 aliphatic rings. The van der Waals surface area contributed by atoms with E-state index < -0.39 is 0 Å². The molecule has 3 heteroatoms. The van der Waals surface area contributed by atoms with E-state index in [1.165, 1.54) is 0 Å². The fraction of sp³-hybridized carbons (Fsp3) is 0.500. The highest BCUT2D eigenvalue weighted by Gasteiger charge is 2.34. The molecule has 0 amide bonds. The molecule has 1 fully saturated rings. The van der Waals surface area contributed by atoms with Gasteiger partial charge in [0.05, 0.1) is 19.8 Å². The Hall–Kier alpha value is -1.06. The summed E-state index contributed by atoms with van der Waals surface area (Å²) < 4.78 is 10.9. The molecule has 82 valence electrons. The fourth-order valence-corrected chi connectivity index (χ4v) is 1.51. The van der Waals surface area contributed by atoms with Crippen LogP contribution >= 0.6 is 0 Å². The molecule has 0 aromatic heterocycles. The van der Waals surface area contributed by atoms with Crippen molar-refractivity contribution in [3.05, 3.63) is 29.8 Å². The maximum Gasteiger partial charge on any atom is 0.119 e. The molecule has 15 heavy (non-hydrogen) atoms. The first kappa shape index (κ1) is 10.5.